The van der Waals surface area contributed by atoms with Crippen molar-refractivity contribution in [2.24, 2.45) is 0 Å². The minimum atomic E-state index is -1.59. The first-order chi connectivity index (χ1) is 19.9. The van der Waals surface area contributed by atoms with Gasteiger partial charge in [-0.05, 0) is 35.4 Å². The second-order valence-electron chi connectivity index (χ2n) is 10.3. The third kappa shape index (κ3) is 4.24. The Morgan fingerprint density at radius 2 is 1.14 bits per heavy atom. The van der Waals surface area contributed by atoms with Crippen LogP contribution in [0.4, 0.5) is 0 Å². The monoisotopic (exact) mass is 578 g/mol. The average Bonchev–Trinajstić information content (AvgIpc) is 2.93. The molecule has 2 unspecified atom stereocenters. The van der Waals surface area contributed by atoms with Crippen LogP contribution in [-0.2, 0) is 6.42 Å². The highest BCUT2D eigenvalue weighted by molar-refractivity contribution is 5.65. The zero-order valence-electron chi connectivity index (χ0n) is 21.6. The van der Waals surface area contributed by atoms with E-state index in [4.69, 9.17) is 9.47 Å². The number of phenols is 8. The molecular weight excluding hydrogens is 552 g/mol. The Hall–Kier alpha value is -5.20. The molecule has 0 amide bonds. The Morgan fingerprint density at radius 3 is 1.76 bits per heavy atom. The van der Waals surface area contributed by atoms with Crippen molar-refractivity contribution in [3.63, 3.8) is 0 Å². The summed E-state index contributed by atoms with van der Waals surface area (Å²) < 4.78 is 12.1. The molecule has 6 rings (SSSR count). The van der Waals surface area contributed by atoms with Gasteiger partial charge in [0, 0.05) is 41.3 Å². The molecule has 4 aromatic carbocycles. The van der Waals surface area contributed by atoms with Gasteiger partial charge in [0.1, 0.15) is 46.7 Å². The molecule has 0 aliphatic carbocycles. The Bertz CT molecular complexity index is 1720. The summed E-state index contributed by atoms with van der Waals surface area (Å²) in [7, 11) is 0. The highest BCUT2D eigenvalue weighted by atomic mass is 16.5. The lowest BCUT2D eigenvalue weighted by Gasteiger charge is -2.40. The summed E-state index contributed by atoms with van der Waals surface area (Å²) in [5, 5.41) is 105. The van der Waals surface area contributed by atoms with Crippen LogP contribution < -0.4 is 9.47 Å². The molecule has 0 saturated heterocycles. The summed E-state index contributed by atoms with van der Waals surface area (Å²) in [4.78, 5) is 0. The highest BCUT2D eigenvalue weighted by Gasteiger charge is 2.46. The van der Waals surface area contributed by atoms with Gasteiger partial charge in [-0.1, -0.05) is 12.1 Å². The van der Waals surface area contributed by atoms with Gasteiger partial charge in [-0.25, -0.2) is 0 Å². The van der Waals surface area contributed by atoms with Gasteiger partial charge in [0.25, 0.3) is 0 Å². The van der Waals surface area contributed by atoms with Gasteiger partial charge in [-0.2, -0.15) is 0 Å². The smallest absolute Gasteiger partial charge is 0.157 e. The molecule has 5 atom stereocenters. The van der Waals surface area contributed by atoms with Gasteiger partial charge < -0.3 is 60.5 Å². The van der Waals surface area contributed by atoms with Crippen LogP contribution in [-0.4, -0.2) is 63.3 Å². The Balaban J connectivity index is 1.55. The summed E-state index contributed by atoms with van der Waals surface area (Å²) in [6.45, 7) is 0. The zero-order valence-corrected chi connectivity index (χ0v) is 21.6. The Labute approximate surface area is 237 Å². The molecule has 2 aliphatic heterocycles. The topological polar surface area (TPSA) is 221 Å². The summed E-state index contributed by atoms with van der Waals surface area (Å²) in [5.41, 5.74) is 0.435. The fourth-order valence-electron chi connectivity index (χ4n) is 5.71. The number of aromatic hydroxyl groups is 8. The number of aliphatic hydroxyl groups excluding tert-OH is 2. The van der Waals surface area contributed by atoms with Crippen LogP contribution in [0.25, 0.3) is 0 Å². The number of benzene rings is 4. The van der Waals surface area contributed by atoms with Gasteiger partial charge >= 0.3 is 0 Å². The SMILES string of the molecule is Oc1cc(O)c2c(c1)O[C@H](c1ccc(O)c(O)c1)C(O)[C@@H]2c1c(O)cc(O)c2c1O[C@H](c1ccc(O)c(O)c1)C(O)C2. The maximum Gasteiger partial charge on any atom is 0.157 e. The van der Waals surface area contributed by atoms with Crippen LogP contribution in [0.5, 0.6) is 57.5 Å². The molecular formula is C30H26O12. The van der Waals surface area contributed by atoms with Crippen molar-refractivity contribution in [3.8, 4) is 57.5 Å². The molecule has 0 fully saturated rings. The van der Waals surface area contributed by atoms with Gasteiger partial charge in [0.15, 0.2) is 29.1 Å². The first kappa shape index (κ1) is 27.0. The van der Waals surface area contributed by atoms with E-state index in [0.717, 1.165) is 12.1 Å². The molecule has 12 nitrogen and oxygen atoms in total. The third-order valence-electron chi connectivity index (χ3n) is 7.67. The summed E-state index contributed by atoms with van der Waals surface area (Å²) in [6, 6.07) is 10.8. The van der Waals surface area contributed by atoms with Gasteiger partial charge in [-0.15, -0.1) is 0 Å². The van der Waals surface area contributed by atoms with E-state index in [1.807, 2.05) is 0 Å². The van der Waals surface area contributed by atoms with Crippen molar-refractivity contribution in [1.29, 1.82) is 0 Å². The van der Waals surface area contributed by atoms with Crippen molar-refractivity contribution < 1.29 is 60.5 Å². The molecule has 218 valence electrons. The molecule has 0 radical (unpaired) electrons. The number of aliphatic hydroxyl groups is 2. The number of hydrogen-bond donors (Lipinski definition) is 10. The van der Waals surface area contributed by atoms with Crippen molar-refractivity contribution in [2.75, 3.05) is 0 Å². The standard InChI is InChI=1S/C30H26O12/c31-13-7-20(37)24-23(8-13)41-29(12-2-4-16(33)19(36)6-12)27(40)26(24)25-21(38)10-17(34)14-9-22(39)28(42-30(14)25)11-1-3-15(32)18(35)5-11/h1-8,10,22,26-29,31-40H,9H2/t22?,26-,27?,28+,29+/m0/s1. The van der Waals surface area contributed by atoms with Crippen molar-refractivity contribution >= 4 is 0 Å². The largest absolute Gasteiger partial charge is 0.508 e. The lowest BCUT2D eigenvalue weighted by molar-refractivity contribution is 0.00115. The van der Waals surface area contributed by atoms with E-state index < -0.39 is 70.6 Å². The molecule has 0 aromatic heterocycles. The van der Waals surface area contributed by atoms with Crippen LogP contribution in [0.1, 0.15) is 45.9 Å². The number of ether oxygens (including phenoxy) is 2. The van der Waals surface area contributed by atoms with Gasteiger partial charge in [0.2, 0.25) is 0 Å². The molecule has 0 spiro atoms. The molecule has 0 saturated carbocycles. The fourth-order valence-corrected chi connectivity index (χ4v) is 5.71. The zero-order chi connectivity index (χ0) is 30.0. The first-order valence-corrected chi connectivity index (χ1v) is 12.8. The van der Waals surface area contributed by atoms with E-state index in [-0.39, 0.29) is 51.5 Å². The number of fused-ring (bicyclic) bond motifs is 2. The maximum atomic E-state index is 11.8. The molecule has 4 aromatic rings. The third-order valence-corrected chi connectivity index (χ3v) is 7.67. The lowest BCUT2D eigenvalue weighted by Crippen LogP contribution is -2.36. The van der Waals surface area contributed by atoms with Crippen LogP contribution >= 0.6 is 0 Å². The van der Waals surface area contributed by atoms with Crippen molar-refractivity contribution in [3.05, 3.63) is 82.4 Å². The summed E-state index contributed by atoms with van der Waals surface area (Å²) in [6.07, 6.45) is -5.43. The van der Waals surface area contributed by atoms with E-state index in [9.17, 15) is 51.1 Å². The maximum absolute atomic E-state index is 11.8. The number of rotatable bonds is 3. The molecule has 10 N–H and O–H groups in total. The predicted molar refractivity (Wildman–Crippen MR) is 143 cm³/mol. The molecule has 12 heteroatoms. The minimum Gasteiger partial charge on any atom is -0.508 e. The normalized spacial score (nSPS) is 22.9. The van der Waals surface area contributed by atoms with Crippen molar-refractivity contribution in [1.82, 2.24) is 0 Å². The number of hydrogen-bond acceptors (Lipinski definition) is 12. The Kier molecular flexibility index (Phi) is 6.24. The molecule has 0 bridgehead atoms. The van der Waals surface area contributed by atoms with E-state index in [2.05, 4.69) is 0 Å². The van der Waals surface area contributed by atoms with Crippen molar-refractivity contribution in [2.45, 2.75) is 36.8 Å². The van der Waals surface area contributed by atoms with Crippen LogP contribution in [0.3, 0.4) is 0 Å². The van der Waals surface area contributed by atoms with Crippen LogP contribution in [0.2, 0.25) is 0 Å². The van der Waals surface area contributed by atoms with Gasteiger partial charge in [-0.3, -0.25) is 0 Å². The Morgan fingerprint density at radius 1 is 0.548 bits per heavy atom. The second-order valence-corrected chi connectivity index (χ2v) is 10.3. The van der Waals surface area contributed by atoms with Crippen LogP contribution in [0, 0.1) is 0 Å². The van der Waals surface area contributed by atoms with Gasteiger partial charge in [0.05, 0.1) is 12.0 Å². The second kappa shape index (κ2) is 9.72. The molecule has 2 aliphatic rings. The number of phenolic OH excluding ortho intramolecular Hbond substituents is 8. The highest BCUT2D eigenvalue weighted by Crippen LogP contribution is 2.57. The van der Waals surface area contributed by atoms with E-state index in [1.54, 1.807) is 0 Å². The fraction of sp³-hybridized carbons (Fsp3) is 0.200. The summed E-state index contributed by atoms with van der Waals surface area (Å²) >= 11 is 0. The van der Waals surface area contributed by atoms with Crippen LogP contribution in [0.15, 0.2) is 54.6 Å². The molecule has 42 heavy (non-hydrogen) atoms. The average molecular weight is 579 g/mol. The first-order valence-electron chi connectivity index (χ1n) is 12.8. The van der Waals surface area contributed by atoms with E-state index in [0.29, 0.717) is 0 Å². The predicted octanol–water partition coefficient (Wildman–Crippen LogP) is 3.00. The molecule has 2 heterocycles. The van der Waals surface area contributed by atoms with E-state index >= 15 is 0 Å². The van der Waals surface area contributed by atoms with E-state index in [1.165, 1.54) is 42.5 Å². The minimum absolute atomic E-state index is 0.0312. The quantitative estimate of drug-likeness (QED) is 0.159. The lowest BCUT2D eigenvalue weighted by atomic mass is 9.77. The summed E-state index contributed by atoms with van der Waals surface area (Å²) in [5.74, 6) is -5.08.